The van der Waals surface area contributed by atoms with Crippen molar-refractivity contribution in [1.29, 1.82) is 0 Å². The van der Waals surface area contributed by atoms with Gasteiger partial charge < -0.3 is 0 Å². The average molecular weight is 337 g/mol. The van der Waals surface area contributed by atoms with E-state index in [1.54, 1.807) is 18.4 Å². The summed E-state index contributed by atoms with van der Waals surface area (Å²) in [5.74, 6) is 0. The van der Waals surface area contributed by atoms with Gasteiger partial charge in [0, 0.05) is 39.3 Å². The van der Waals surface area contributed by atoms with Crippen molar-refractivity contribution in [1.82, 2.24) is 13.5 Å². The molecule has 0 aromatic heterocycles. The van der Waals surface area contributed by atoms with Crippen LogP contribution in [0.4, 0.5) is 0 Å². The van der Waals surface area contributed by atoms with Crippen molar-refractivity contribution in [3.05, 3.63) is 35.9 Å². The van der Waals surface area contributed by atoms with Crippen LogP contribution in [0.2, 0.25) is 0 Å². The Balaban J connectivity index is 1.76. The molecular weight excluding hydrogens is 310 g/mol. The van der Waals surface area contributed by atoms with Crippen LogP contribution in [-0.2, 0) is 16.8 Å². The summed E-state index contributed by atoms with van der Waals surface area (Å²) in [7, 11) is -0.0673. The van der Waals surface area contributed by atoms with Crippen LogP contribution in [-0.4, -0.2) is 61.2 Å². The molecule has 0 unspecified atom stereocenters. The van der Waals surface area contributed by atoms with Gasteiger partial charge in [-0.05, 0) is 37.8 Å². The Labute approximate surface area is 140 Å². The molecule has 128 valence electrons. The first-order valence-corrected chi connectivity index (χ1v) is 9.87. The maximum Gasteiger partial charge on any atom is 0.281 e. The van der Waals surface area contributed by atoms with Gasteiger partial charge in [-0.2, -0.15) is 17.0 Å². The molecular formula is C17H27N3O2S. The Morgan fingerprint density at radius 1 is 1.04 bits per heavy atom. The quantitative estimate of drug-likeness (QED) is 0.824. The van der Waals surface area contributed by atoms with Crippen LogP contribution in [0.1, 0.15) is 31.2 Å². The molecule has 5 nitrogen and oxygen atoms in total. The zero-order valence-corrected chi connectivity index (χ0v) is 14.9. The summed E-state index contributed by atoms with van der Waals surface area (Å²) in [6.45, 7) is 2.63. The van der Waals surface area contributed by atoms with Gasteiger partial charge in [0.1, 0.15) is 0 Å². The third kappa shape index (κ3) is 3.45. The third-order valence-corrected chi connectivity index (χ3v) is 7.06. The molecule has 2 heterocycles. The summed E-state index contributed by atoms with van der Waals surface area (Å²) in [6.07, 6.45) is 4.19. The fourth-order valence-corrected chi connectivity index (χ4v) is 5.32. The summed E-state index contributed by atoms with van der Waals surface area (Å²) in [6, 6.07) is 10.9. The number of nitrogens with zero attached hydrogens (tertiary/aromatic N) is 3. The van der Waals surface area contributed by atoms with Gasteiger partial charge in [0.05, 0.1) is 0 Å². The second-order valence-electron chi connectivity index (χ2n) is 6.78. The smallest absolute Gasteiger partial charge is 0.281 e. The van der Waals surface area contributed by atoms with Crippen LogP contribution in [0.3, 0.4) is 0 Å². The second-order valence-corrected chi connectivity index (χ2v) is 8.87. The number of benzene rings is 1. The molecule has 2 atom stereocenters. The number of hydrogen-bond donors (Lipinski definition) is 0. The molecule has 0 amide bonds. The van der Waals surface area contributed by atoms with Crippen LogP contribution in [0.15, 0.2) is 30.3 Å². The van der Waals surface area contributed by atoms with Gasteiger partial charge in [0.25, 0.3) is 10.2 Å². The highest BCUT2D eigenvalue weighted by Crippen LogP contribution is 2.33. The summed E-state index contributed by atoms with van der Waals surface area (Å²) >= 11 is 0. The summed E-state index contributed by atoms with van der Waals surface area (Å²) in [5, 5.41) is 0. The normalized spacial score (nSPS) is 27.1. The maximum atomic E-state index is 12.6. The van der Waals surface area contributed by atoms with Gasteiger partial charge >= 0.3 is 0 Å². The van der Waals surface area contributed by atoms with Crippen molar-refractivity contribution in [3.8, 4) is 0 Å². The van der Waals surface area contributed by atoms with Gasteiger partial charge in [-0.3, -0.25) is 4.90 Å². The standard InChI is InChI=1S/C17H27N3O2S/c1-18(2)23(21,22)20-13-7-11-17(20)16-10-6-12-19(16)14-15-8-4-3-5-9-15/h3-5,8-9,16-17H,6-7,10-14H2,1-2H3/t16-,17+/m0/s1. The van der Waals surface area contributed by atoms with Crippen LogP contribution in [0, 0.1) is 0 Å². The minimum Gasteiger partial charge on any atom is -0.295 e. The highest BCUT2D eigenvalue weighted by molar-refractivity contribution is 7.86. The first kappa shape index (κ1) is 16.9. The van der Waals surface area contributed by atoms with Gasteiger partial charge in [-0.1, -0.05) is 30.3 Å². The molecule has 2 aliphatic heterocycles. The Hall–Kier alpha value is -0.950. The van der Waals surface area contributed by atoms with Crippen molar-refractivity contribution in [2.24, 2.45) is 0 Å². The Bertz CT molecular complexity index is 618. The monoisotopic (exact) mass is 337 g/mol. The lowest BCUT2D eigenvalue weighted by molar-refractivity contribution is 0.170. The van der Waals surface area contributed by atoms with Crippen molar-refractivity contribution in [2.75, 3.05) is 27.2 Å². The van der Waals surface area contributed by atoms with Crippen molar-refractivity contribution in [2.45, 2.75) is 44.3 Å². The first-order chi connectivity index (χ1) is 11.0. The minimum absolute atomic E-state index is 0.119. The van der Waals surface area contributed by atoms with Crippen molar-refractivity contribution >= 4 is 10.2 Å². The molecule has 0 N–H and O–H groups in total. The molecule has 6 heteroatoms. The van der Waals surface area contributed by atoms with Crippen LogP contribution >= 0.6 is 0 Å². The molecule has 0 aliphatic carbocycles. The molecule has 0 spiro atoms. The third-order valence-electron chi connectivity index (χ3n) is 5.09. The lowest BCUT2D eigenvalue weighted by atomic mass is 10.0. The molecule has 0 radical (unpaired) electrons. The topological polar surface area (TPSA) is 43.9 Å². The molecule has 0 bridgehead atoms. The van der Waals surface area contributed by atoms with Crippen molar-refractivity contribution in [3.63, 3.8) is 0 Å². The maximum absolute atomic E-state index is 12.6. The molecule has 1 aromatic carbocycles. The minimum atomic E-state index is -3.32. The molecule has 2 aliphatic rings. The van der Waals surface area contributed by atoms with Gasteiger partial charge in [-0.15, -0.1) is 0 Å². The van der Waals surface area contributed by atoms with Crippen LogP contribution < -0.4 is 0 Å². The first-order valence-electron chi connectivity index (χ1n) is 8.47. The fourth-order valence-electron chi connectivity index (χ4n) is 3.95. The molecule has 2 saturated heterocycles. The largest absolute Gasteiger partial charge is 0.295 e. The highest BCUT2D eigenvalue weighted by atomic mass is 32.2. The van der Waals surface area contributed by atoms with E-state index < -0.39 is 10.2 Å². The van der Waals surface area contributed by atoms with Crippen LogP contribution in [0.5, 0.6) is 0 Å². The van der Waals surface area contributed by atoms with E-state index in [4.69, 9.17) is 0 Å². The lowest BCUT2D eigenvalue weighted by Gasteiger charge is -2.35. The van der Waals surface area contributed by atoms with E-state index in [9.17, 15) is 8.42 Å². The Morgan fingerprint density at radius 3 is 2.39 bits per heavy atom. The lowest BCUT2D eigenvalue weighted by Crippen LogP contribution is -2.50. The molecule has 3 rings (SSSR count). The van der Waals surface area contributed by atoms with E-state index in [2.05, 4.69) is 29.2 Å². The van der Waals surface area contributed by atoms with Gasteiger partial charge in [0.15, 0.2) is 0 Å². The number of likely N-dealkylation sites (tertiary alicyclic amines) is 1. The second kappa shape index (κ2) is 6.89. The van der Waals surface area contributed by atoms with E-state index in [1.165, 1.54) is 9.87 Å². The van der Waals surface area contributed by atoms with Crippen molar-refractivity contribution < 1.29 is 8.42 Å². The predicted octanol–water partition coefficient (Wildman–Crippen LogP) is 1.92. The zero-order valence-electron chi connectivity index (χ0n) is 14.1. The van der Waals surface area contributed by atoms with E-state index in [-0.39, 0.29) is 6.04 Å². The summed E-state index contributed by atoms with van der Waals surface area (Å²) < 4.78 is 28.3. The van der Waals surface area contributed by atoms with E-state index in [1.807, 2.05) is 6.07 Å². The molecule has 2 fully saturated rings. The fraction of sp³-hybridized carbons (Fsp3) is 0.647. The highest BCUT2D eigenvalue weighted by Gasteiger charge is 2.43. The molecule has 0 saturated carbocycles. The average Bonchev–Trinajstić information content (AvgIpc) is 3.16. The number of rotatable bonds is 5. The predicted molar refractivity (Wildman–Crippen MR) is 92.2 cm³/mol. The van der Waals surface area contributed by atoms with Gasteiger partial charge in [-0.25, -0.2) is 0 Å². The number of hydrogen-bond acceptors (Lipinski definition) is 3. The van der Waals surface area contributed by atoms with E-state index in [0.29, 0.717) is 12.6 Å². The molecule has 1 aromatic rings. The Kier molecular flexibility index (Phi) is 5.06. The van der Waals surface area contributed by atoms with E-state index >= 15 is 0 Å². The molecule has 23 heavy (non-hydrogen) atoms. The summed E-state index contributed by atoms with van der Waals surface area (Å²) in [5.41, 5.74) is 1.31. The Morgan fingerprint density at radius 2 is 1.70 bits per heavy atom. The summed E-state index contributed by atoms with van der Waals surface area (Å²) in [4.78, 5) is 2.48. The SMILES string of the molecule is CN(C)S(=O)(=O)N1CCC[C@@H]1[C@@H]1CCCN1Cc1ccccc1. The zero-order chi connectivity index (χ0) is 16.4. The van der Waals surface area contributed by atoms with Crippen LogP contribution in [0.25, 0.3) is 0 Å². The van der Waals surface area contributed by atoms with E-state index in [0.717, 1.165) is 38.8 Å². The van der Waals surface area contributed by atoms with Gasteiger partial charge in [0.2, 0.25) is 0 Å².